The van der Waals surface area contributed by atoms with Crippen molar-refractivity contribution in [2.45, 2.75) is 19.4 Å². The van der Waals surface area contributed by atoms with Gasteiger partial charge >= 0.3 is 5.97 Å². The summed E-state index contributed by atoms with van der Waals surface area (Å²) in [5, 5.41) is 2.67. The van der Waals surface area contributed by atoms with Crippen LogP contribution < -0.4 is 20.9 Å². The summed E-state index contributed by atoms with van der Waals surface area (Å²) in [6.45, 7) is 1.46. The lowest BCUT2D eigenvalue weighted by molar-refractivity contribution is -0.149. The smallest absolute Gasteiger partial charge is 0.356 e. The number of para-hydroxylation sites is 1. The first-order valence-corrected chi connectivity index (χ1v) is 8.61. The number of carbonyl (C=O) groups is 3. The number of nitrogens with one attached hydrogen (secondary N) is 3. The number of rotatable bonds is 6. The Kier molecular flexibility index (Phi) is 5.91. The van der Waals surface area contributed by atoms with E-state index in [4.69, 9.17) is 9.47 Å². The van der Waals surface area contributed by atoms with Gasteiger partial charge in [0.15, 0.2) is 6.10 Å². The Morgan fingerprint density at radius 2 is 1.68 bits per heavy atom. The molecule has 1 aliphatic heterocycles. The van der Waals surface area contributed by atoms with Crippen LogP contribution >= 0.6 is 0 Å². The zero-order valence-electron chi connectivity index (χ0n) is 15.1. The molecule has 0 saturated heterocycles. The molecule has 0 unspecified atom stereocenters. The second kappa shape index (κ2) is 8.72. The zero-order valence-corrected chi connectivity index (χ0v) is 15.1. The molecule has 0 aromatic heterocycles. The quantitative estimate of drug-likeness (QED) is 0.663. The maximum Gasteiger partial charge on any atom is 0.356 e. The predicted octanol–water partition coefficient (Wildman–Crippen LogP) is 2.26. The van der Waals surface area contributed by atoms with E-state index in [1.807, 2.05) is 30.3 Å². The van der Waals surface area contributed by atoms with Gasteiger partial charge in [0.25, 0.3) is 5.91 Å². The molecule has 0 saturated carbocycles. The molecule has 0 bridgehead atoms. The molecule has 2 aromatic rings. The number of esters is 1. The fourth-order valence-corrected chi connectivity index (χ4v) is 2.32. The van der Waals surface area contributed by atoms with Crippen molar-refractivity contribution in [3.63, 3.8) is 0 Å². The summed E-state index contributed by atoms with van der Waals surface area (Å²) in [6.07, 6.45) is 0.445. The van der Waals surface area contributed by atoms with Gasteiger partial charge < -0.3 is 14.8 Å². The number of hydrazine groups is 1. The van der Waals surface area contributed by atoms with E-state index >= 15 is 0 Å². The average molecular weight is 381 g/mol. The molecule has 8 nitrogen and oxygen atoms in total. The van der Waals surface area contributed by atoms with E-state index in [9.17, 15) is 14.4 Å². The summed E-state index contributed by atoms with van der Waals surface area (Å²) in [7, 11) is 0. The summed E-state index contributed by atoms with van der Waals surface area (Å²) >= 11 is 0. The summed E-state index contributed by atoms with van der Waals surface area (Å²) in [5.41, 5.74) is 5.36. The molecule has 3 rings (SSSR count). The van der Waals surface area contributed by atoms with Crippen molar-refractivity contribution in [3.8, 4) is 11.5 Å². The largest absolute Gasteiger partial charge is 0.457 e. The highest BCUT2D eigenvalue weighted by Gasteiger charge is 2.22. The van der Waals surface area contributed by atoms with Crippen LogP contribution in [0.5, 0.6) is 11.5 Å². The van der Waals surface area contributed by atoms with Crippen LogP contribution in [-0.2, 0) is 19.1 Å². The Labute approximate surface area is 161 Å². The van der Waals surface area contributed by atoms with Crippen molar-refractivity contribution in [3.05, 3.63) is 66.4 Å². The summed E-state index contributed by atoms with van der Waals surface area (Å²) in [4.78, 5) is 35.3. The van der Waals surface area contributed by atoms with E-state index in [0.717, 1.165) is 0 Å². The minimum absolute atomic E-state index is 0.0649. The van der Waals surface area contributed by atoms with Crippen LogP contribution in [0.15, 0.2) is 66.4 Å². The van der Waals surface area contributed by atoms with Gasteiger partial charge in [-0.3, -0.25) is 20.4 Å². The van der Waals surface area contributed by atoms with Crippen LogP contribution in [0.4, 0.5) is 5.69 Å². The highest BCUT2D eigenvalue weighted by atomic mass is 16.5. The molecule has 0 spiro atoms. The fourth-order valence-electron chi connectivity index (χ4n) is 2.32. The third-order valence-corrected chi connectivity index (χ3v) is 3.80. The average Bonchev–Trinajstić information content (AvgIpc) is 2.70. The van der Waals surface area contributed by atoms with E-state index in [1.165, 1.54) is 13.0 Å². The Balaban J connectivity index is 1.52. The van der Waals surface area contributed by atoms with Gasteiger partial charge in [-0.05, 0) is 49.4 Å². The maximum atomic E-state index is 12.2. The number of hydrogen-bond donors (Lipinski definition) is 3. The predicted molar refractivity (Wildman–Crippen MR) is 101 cm³/mol. The van der Waals surface area contributed by atoms with Crippen LogP contribution in [0, 0.1) is 0 Å². The van der Waals surface area contributed by atoms with Crippen LogP contribution in [-0.4, -0.2) is 23.9 Å². The molecule has 0 radical (unpaired) electrons. The molecule has 2 aromatic carbocycles. The Bertz CT molecular complexity index is 894. The Hall–Kier alpha value is -3.81. The molecule has 8 heteroatoms. The van der Waals surface area contributed by atoms with Crippen LogP contribution in [0.25, 0.3) is 0 Å². The van der Waals surface area contributed by atoms with E-state index in [0.29, 0.717) is 17.2 Å². The van der Waals surface area contributed by atoms with Crippen molar-refractivity contribution in [2.24, 2.45) is 0 Å². The van der Waals surface area contributed by atoms with Crippen molar-refractivity contribution in [1.82, 2.24) is 10.9 Å². The maximum absolute atomic E-state index is 12.2. The third kappa shape index (κ3) is 5.10. The molecule has 1 aliphatic rings. The lowest BCUT2D eigenvalue weighted by atomic mass is 10.2. The zero-order chi connectivity index (χ0) is 19.9. The lowest BCUT2D eigenvalue weighted by Gasteiger charge is -2.18. The fraction of sp³-hybridized carbons (Fsp3) is 0.150. The van der Waals surface area contributed by atoms with E-state index < -0.39 is 18.0 Å². The number of benzene rings is 2. The number of hydrogen-bond acceptors (Lipinski definition) is 6. The van der Waals surface area contributed by atoms with E-state index in [2.05, 4.69) is 16.2 Å². The number of anilines is 1. The molecular weight excluding hydrogens is 362 g/mol. The molecule has 0 aliphatic carbocycles. The second-order valence-electron chi connectivity index (χ2n) is 5.97. The topological polar surface area (TPSA) is 106 Å². The van der Waals surface area contributed by atoms with Gasteiger partial charge in [-0.1, -0.05) is 18.2 Å². The van der Waals surface area contributed by atoms with Gasteiger partial charge in [-0.2, -0.15) is 0 Å². The molecule has 3 N–H and O–H groups in total. The van der Waals surface area contributed by atoms with Crippen LogP contribution in [0.1, 0.15) is 13.3 Å². The molecule has 1 heterocycles. The van der Waals surface area contributed by atoms with Gasteiger partial charge in [-0.25, -0.2) is 4.79 Å². The first-order chi connectivity index (χ1) is 13.5. The van der Waals surface area contributed by atoms with Crippen molar-refractivity contribution in [1.29, 1.82) is 0 Å². The van der Waals surface area contributed by atoms with Crippen molar-refractivity contribution < 1.29 is 23.9 Å². The number of ether oxygens (including phenoxy) is 2. The van der Waals surface area contributed by atoms with E-state index in [1.54, 1.807) is 24.3 Å². The lowest BCUT2D eigenvalue weighted by Crippen LogP contribution is -2.43. The first-order valence-electron chi connectivity index (χ1n) is 8.61. The SMILES string of the molecule is C[C@@H](OC(=O)C1=CCC(=O)NN1)C(=O)Nc1ccc(Oc2ccccc2)cc1. The standard InChI is InChI=1S/C20H19N3O5/c1-13(27-20(26)17-11-12-18(24)23-22-17)19(25)21-14-7-9-16(10-8-14)28-15-5-3-2-4-6-15/h2-11,13,22H,12H2,1H3,(H,21,25)(H,23,24)/t13-/m1/s1. The summed E-state index contributed by atoms with van der Waals surface area (Å²) < 4.78 is 10.8. The summed E-state index contributed by atoms with van der Waals surface area (Å²) in [5.74, 6) is -0.135. The van der Waals surface area contributed by atoms with Crippen molar-refractivity contribution >= 4 is 23.5 Å². The molecule has 28 heavy (non-hydrogen) atoms. The van der Waals surface area contributed by atoms with Gasteiger partial charge in [0.1, 0.15) is 17.2 Å². The van der Waals surface area contributed by atoms with Gasteiger partial charge in [-0.15, -0.1) is 0 Å². The Morgan fingerprint density at radius 3 is 2.32 bits per heavy atom. The monoisotopic (exact) mass is 381 g/mol. The second-order valence-corrected chi connectivity index (χ2v) is 5.97. The Morgan fingerprint density at radius 1 is 1.00 bits per heavy atom. The molecular formula is C20H19N3O5. The highest BCUT2D eigenvalue weighted by molar-refractivity contribution is 5.97. The molecule has 1 atom stereocenters. The third-order valence-electron chi connectivity index (χ3n) is 3.80. The highest BCUT2D eigenvalue weighted by Crippen LogP contribution is 2.22. The number of amides is 2. The molecule has 0 fully saturated rings. The van der Waals surface area contributed by atoms with Crippen LogP contribution in [0.2, 0.25) is 0 Å². The normalized spacial score (nSPS) is 14.0. The van der Waals surface area contributed by atoms with Gasteiger partial charge in [0, 0.05) is 12.1 Å². The van der Waals surface area contributed by atoms with Crippen molar-refractivity contribution in [2.75, 3.05) is 5.32 Å². The van der Waals surface area contributed by atoms with E-state index in [-0.39, 0.29) is 18.0 Å². The van der Waals surface area contributed by atoms with Crippen LogP contribution in [0.3, 0.4) is 0 Å². The van der Waals surface area contributed by atoms with Gasteiger partial charge in [0.05, 0.1) is 0 Å². The molecule has 2 amide bonds. The number of carbonyl (C=O) groups excluding carboxylic acids is 3. The van der Waals surface area contributed by atoms with Gasteiger partial charge in [0.2, 0.25) is 5.91 Å². The minimum Gasteiger partial charge on any atom is -0.457 e. The summed E-state index contributed by atoms with van der Waals surface area (Å²) in [6, 6.07) is 16.1. The minimum atomic E-state index is -1.02. The molecule has 144 valence electrons. The first kappa shape index (κ1) is 19.0.